The molecule has 0 atom stereocenters. The summed E-state index contributed by atoms with van der Waals surface area (Å²) in [6, 6.07) is 36.1. The quantitative estimate of drug-likeness (QED) is 0.247. The molecule has 3 heteroatoms. The lowest BCUT2D eigenvalue weighted by atomic mass is 9.82. The van der Waals surface area contributed by atoms with Crippen LogP contribution in [-0.2, 0) is 5.41 Å². The molecule has 5 aromatic rings. The first kappa shape index (κ1) is 21.0. The number of hydrogen-bond donors (Lipinski definition) is 0. The molecule has 2 nitrogen and oxygen atoms in total. The van der Waals surface area contributed by atoms with Crippen LogP contribution in [0.25, 0.3) is 45.0 Å². The molecular weight excluding hydrogens is 480 g/mol. The number of fused-ring (bicyclic) bond motifs is 3. The second-order valence-electron chi connectivity index (χ2n) is 9.27. The maximum absolute atomic E-state index is 5.02. The van der Waals surface area contributed by atoms with Crippen molar-refractivity contribution in [2.24, 2.45) is 0 Å². The summed E-state index contributed by atoms with van der Waals surface area (Å²) in [6.07, 6.45) is 0. The van der Waals surface area contributed by atoms with E-state index in [0.29, 0.717) is 0 Å². The Morgan fingerprint density at radius 1 is 0.559 bits per heavy atom. The lowest BCUT2D eigenvalue weighted by Gasteiger charge is -2.21. The van der Waals surface area contributed by atoms with Crippen molar-refractivity contribution in [3.63, 3.8) is 0 Å². The summed E-state index contributed by atoms with van der Waals surface area (Å²) < 4.78 is 1.05. The third-order valence-electron chi connectivity index (χ3n) is 6.78. The van der Waals surface area contributed by atoms with Gasteiger partial charge in [0.1, 0.15) is 0 Å². The van der Waals surface area contributed by atoms with Crippen molar-refractivity contribution in [1.29, 1.82) is 0 Å². The van der Waals surface area contributed by atoms with E-state index in [9.17, 15) is 0 Å². The molecule has 34 heavy (non-hydrogen) atoms. The van der Waals surface area contributed by atoms with Gasteiger partial charge in [0, 0.05) is 26.6 Å². The third-order valence-corrected chi connectivity index (χ3v) is 7.31. The van der Waals surface area contributed by atoms with E-state index in [1.807, 2.05) is 30.3 Å². The topological polar surface area (TPSA) is 25.8 Å². The molecule has 1 aliphatic carbocycles. The molecule has 0 radical (unpaired) electrons. The SMILES string of the molecule is CC1(C)c2ccccc2-c2cc(-c3nc(-c4ccccc4)cc(-c4ccc(Br)cc4)n3)ccc21. The average Bonchev–Trinajstić information content (AvgIpc) is 3.11. The maximum atomic E-state index is 5.02. The van der Waals surface area contributed by atoms with Gasteiger partial charge in [-0.25, -0.2) is 9.97 Å². The fourth-order valence-corrected chi connectivity index (χ4v) is 5.23. The molecule has 0 aliphatic heterocycles. The highest BCUT2D eigenvalue weighted by atomic mass is 79.9. The Morgan fingerprint density at radius 2 is 1.15 bits per heavy atom. The fraction of sp³-hybridized carbons (Fsp3) is 0.0968. The van der Waals surface area contributed by atoms with Crippen LogP contribution in [0.1, 0.15) is 25.0 Å². The van der Waals surface area contributed by atoms with Crippen LogP contribution in [0.3, 0.4) is 0 Å². The van der Waals surface area contributed by atoms with Crippen LogP contribution in [0.2, 0.25) is 0 Å². The van der Waals surface area contributed by atoms with Gasteiger partial charge in [0.15, 0.2) is 5.82 Å². The molecule has 0 N–H and O–H groups in total. The Bertz CT molecular complexity index is 1520. The maximum Gasteiger partial charge on any atom is 0.160 e. The molecule has 164 valence electrons. The van der Waals surface area contributed by atoms with Crippen LogP contribution < -0.4 is 0 Å². The predicted molar refractivity (Wildman–Crippen MR) is 144 cm³/mol. The van der Waals surface area contributed by atoms with Gasteiger partial charge in [-0.2, -0.15) is 0 Å². The molecule has 0 spiro atoms. The van der Waals surface area contributed by atoms with Crippen LogP contribution in [0.4, 0.5) is 0 Å². The monoisotopic (exact) mass is 502 g/mol. The van der Waals surface area contributed by atoms with E-state index >= 15 is 0 Å². The normalized spacial score (nSPS) is 13.4. The molecule has 0 amide bonds. The largest absolute Gasteiger partial charge is 0.228 e. The number of hydrogen-bond acceptors (Lipinski definition) is 2. The molecule has 0 unspecified atom stereocenters. The summed E-state index contributed by atoms with van der Waals surface area (Å²) in [5.41, 5.74) is 10.3. The van der Waals surface area contributed by atoms with Crippen LogP contribution >= 0.6 is 15.9 Å². The van der Waals surface area contributed by atoms with Crippen LogP contribution in [0.15, 0.2) is 108 Å². The minimum atomic E-state index is -0.0141. The molecule has 1 aliphatic rings. The number of benzene rings is 4. The highest BCUT2D eigenvalue weighted by Gasteiger charge is 2.35. The lowest BCUT2D eigenvalue weighted by molar-refractivity contribution is 0.660. The zero-order valence-electron chi connectivity index (χ0n) is 19.1. The van der Waals surface area contributed by atoms with E-state index in [0.717, 1.165) is 38.4 Å². The second-order valence-corrected chi connectivity index (χ2v) is 10.2. The van der Waals surface area contributed by atoms with Crippen molar-refractivity contribution in [3.8, 4) is 45.0 Å². The van der Waals surface area contributed by atoms with Gasteiger partial charge in [0.05, 0.1) is 11.4 Å². The second kappa shape index (κ2) is 8.03. The zero-order chi connectivity index (χ0) is 23.3. The summed E-state index contributed by atoms with van der Waals surface area (Å²) in [5, 5.41) is 0. The molecule has 1 heterocycles. The molecule has 4 aromatic carbocycles. The number of nitrogens with zero attached hydrogens (tertiary/aromatic N) is 2. The van der Waals surface area contributed by atoms with E-state index in [1.54, 1.807) is 0 Å². The molecule has 6 rings (SSSR count). The number of halogens is 1. The minimum absolute atomic E-state index is 0.0141. The van der Waals surface area contributed by atoms with Gasteiger partial charge in [-0.3, -0.25) is 0 Å². The van der Waals surface area contributed by atoms with Crippen molar-refractivity contribution >= 4 is 15.9 Å². The first-order chi connectivity index (χ1) is 16.5. The highest BCUT2D eigenvalue weighted by Crippen LogP contribution is 2.49. The predicted octanol–water partition coefficient (Wildman–Crippen LogP) is 8.55. The fourth-order valence-electron chi connectivity index (χ4n) is 4.96. The Labute approximate surface area is 208 Å². The Morgan fingerprint density at radius 3 is 1.88 bits per heavy atom. The lowest BCUT2D eigenvalue weighted by Crippen LogP contribution is -2.14. The number of rotatable bonds is 3. The van der Waals surface area contributed by atoms with Crippen molar-refractivity contribution in [1.82, 2.24) is 9.97 Å². The Hall–Kier alpha value is -3.56. The molecule has 0 bridgehead atoms. The van der Waals surface area contributed by atoms with Crippen molar-refractivity contribution < 1.29 is 0 Å². The first-order valence-electron chi connectivity index (χ1n) is 11.5. The van der Waals surface area contributed by atoms with E-state index in [1.165, 1.54) is 22.3 Å². The van der Waals surface area contributed by atoms with Gasteiger partial charge in [-0.1, -0.05) is 109 Å². The molecule has 1 aromatic heterocycles. The minimum Gasteiger partial charge on any atom is -0.228 e. The summed E-state index contributed by atoms with van der Waals surface area (Å²) >= 11 is 3.54. The van der Waals surface area contributed by atoms with Gasteiger partial charge >= 0.3 is 0 Å². The summed E-state index contributed by atoms with van der Waals surface area (Å²) in [7, 11) is 0. The van der Waals surface area contributed by atoms with E-state index in [2.05, 4.69) is 103 Å². The van der Waals surface area contributed by atoms with Gasteiger partial charge in [-0.05, 0) is 46.5 Å². The van der Waals surface area contributed by atoms with Gasteiger partial charge < -0.3 is 0 Å². The standard InChI is InChI=1S/C31H23BrN2/c1-31(2)26-11-7-6-10-24(26)25-18-22(14-17-27(25)31)30-33-28(20-8-4-3-5-9-20)19-29(34-30)21-12-15-23(32)16-13-21/h3-19H,1-2H3. The summed E-state index contributed by atoms with van der Waals surface area (Å²) in [4.78, 5) is 10.0. The molecular formula is C31H23BrN2. The summed E-state index contributed by atoms with van der Waals surface area (Å²) in [5.74, 6) is 0.740. The average molecular weight is 503 g/mol. The van der Waals surface area contributed by atoms with Crippen molar-refractivity contribution in [2.45, 2.75) is 19.3 Å². The van der Waals surface area contributed by atoms with Gasteiger partial charge in [0.2, 0.25) is 0 Å². The van der Waals surface area contributed by atoms with Gasteiger partial charge in [-0.15, -0.1) is 0 Å². The number of aromatic nitrogens is 2. The van der Waals surface area contributed by atoms with E-state index < -0.39 is 0 Å². The smallest absolute Gasteiger partial charge is 0.160 e. The molecule has 0 saturated carbocycles. The van der Waals surface area contributed by atoms with E-state index in [-0.39, 0.29) is 5.41 Å². The Balaban J connectivity index is 1.55. The summed E-state index contributed by atoms with van der Waals surface area (Å²) in [6.45, 7) is 4.60. The van der Waals surface area contributed by atoms with Gasteiger partial charge in [0.25, 0.3) is 0 Å². The van der Waals surface area contributed by atoms with Crippen LogP contribution in [-0.4, -0.2) is 9.97 Å². The van der Waals surface area contributed by atoms with Crippen LogP contribution in [0.5, 0.6) is 0 Å². The first-order valence-corrected chi connectivity index (χ1v) is 12.3. The van der Waals surface area contributed by atoms with Crippen molar-refractivity contribution in [2.75, 3.05) is 0 Å². The molecule has 0 fully saturated rings. The third kappa shape index (κ3) is 3.48. The zero-order valence-corrected chi connectivity index (χ0v) is 20.7. The van der Waals surface area contributed by atoms with Crippen molar-refractivity contribution in [3.05, 3.63) is 119 Å². The molecule has 0 saturated heterocycles. The van der Waals surface area contributed by atoms with Crippen LogP contribution in [0, 0.1) is 0 Å². The Kier molecular flexibility index (Phi) is 4.96. The highest BCUT2D eigenvalue weighted by molar-refractivity contribution is 9.10. The van der Waals surface area contributed by atoms with E-state index in [4.69, 9.17) is 9.97 Å².